The second kappa shape index (κ2) is 8.23. The lowest BCUT2D eigenvalue weighted by Crippen LogP contribution is -2.66. The predicted octanol–water partition coefficient (Wildman–Crippen LogP) is 3.48. The number of ether oxygens (including phenoxy) is 2. The zero-order valence-electron chi connectivity index (χ0n) is 18.0. The van der Waals surface area contributed by atoms with Crippen molar-refractivity contribution in [2.24, 2.45) is 0 Å². The Kier molecular flexibility index (Phi) is 6.01. The summed E-state index contributed by atoms with van der Waals surface area (Å²) in [6.45, 7) is 0. The Morgan fingerprint density at radius 3 is 1.36 bits per heavy atom. The van der Waals surface area contributed by atoms with E-state index in [4.69, 9.17) is 9.47 Å². The molecular weight excluding hydrogens is 388 g/mol. The summed E-state index contributed by atoms with van der Waals surface area (Å²) in [5.41, 5.74) is 0. The van der Waals surface area contributed by atoms with Crippen LogP contribution in [0.4, 0.5) is 0 Å². The molecule has 5 fully saturated rings. The molecule has 0 aromatic heterocycles. The standard InChI is InChI=1S/C22H38N2O2S2/c1-23-15-7-5-13(25-3)9-19(15)27-21-12-18-22(11-17(21)23)28-20-10-14(26-4)6-8-16(20)24(18)2/h13-22H,5-12H2,1-4H3. The van der Waals surface area contributed by atoms with Gasteiger partial charge in [-0.1, -0.05) is 0 Å². The van der Waals surface area contributed by atoms with Crippen molar-refractivity contribution in [3.8, 4) is 0 Å². The van der Waals surface area contributed by atoms with Crippen LogP contribution in [0.25, 0.3) is 0 Å². The fraction of sp³-hybridized carbons (Fsp3) is 1.00. The lowest BCUT2D eigenvalue weighted by molar-refractivity contribution is 0.00838. The van der Waals surface area contributed by atoms with Gasteiger partial charge in [-0.15, -0.1) is 0 Å². The summed E-state index contributed by atoms with van der Waals surface area (Å²) < 4.78 is 11.5. The van der Waals surface area contributed by atoms with Crippen molar-refractivity contribution in [2.75, 3.05) is 28.3 Å². The van der Waals surface area contributed by atoms with Gasteiger partial charge >= 0.3 is 0 Å². The molecule has 10 unspecified atom stereocenters. The highest BCUT2D eigenvalue weighted by atomic mass is 32.2. The van der Waals surface area contributed by atoms with Crippen LogP contribution in [0.3, 0.4) is 0 Å². The summed E-state index contributed by atoms with van der Waals surface area (Å²) in [5.74, 6) is 0. The Bertz CT molecular complexity index is 519. The number of hydrogen-bond donors (Lipinski definition) is 0. The molecular formula is C22H38N2O2S2. The van der Waals surface area contributed by atoms with Crippen molar-refractivity contribution in [3.05, 3.63) is 0 Å². The van der Waals surface area contributed by atoms with Gasteiger partial charge in [-0.05, 0) is 65.5 Å². The number of methoxy groups -OCH3 is 2. The van der Waals surface area contributed by atoms with E-state index in [1.165, 1.54) is 51.4 Å². The second-order valence-electron chi connectivity index (χ2n) is 9.84. The number of hydrogen-bond acceptors (Lipinski definition) is 6. The fourth-order valence-electron chi connectivity index (χ4n) is 6.99. The Morgan fingerprint density at radius 2 is 0.964 bits per heavy atom. The molecule has 3 aliphatic carbocycles. The zero-order valence-corrected chi connectivity index (χ0v) is 19.6. The molecule has 0 amide bonds. The molecule has 0 aromatic carbocycles. The van der Waals surface area contributed by atoms with Gasteiger partial charge in [0.2, 0.25) is 0 Å². The highest BCUT2D eigenvalue weighted by Crippen LogP contribution is 2.52. The number of thioether (sulfide) groups is 2. The molecule has 5 aliphatic rings. The van der Waals surface area contributed by atoms with Crippen LogP contribution in [0, 0.1) is 0 Å². The second-order valence-corrected chi connectivity index (χ2v) is 12.8. The molecule has 2 aliphatic heterocycles. The minimum absolute atomic E-state index is 0.486. The summed E-state index contributed by atoms with van der Waals surface area (Å²) in [6.07, 6.45) is 11.4. The van der Waals surface area contributed by atoms with Crippen LogP contribution in [0.1, 0.15) is 51.4 Å². The van der Waals surface area contributed by atoms with Crippen LogP contribution in [0.5, 0.6) is 0 Å². The molecule has 3 saturated carbocycles. The first-order valence-corrected chi connectivity index (χ1v) is 13.3. The topological polar surface area (TPSA) is 24.9 Å². The van der Waals surface area contributed by atoms with E-state index in [0.29, 0.717) is 12.2 Å². The molecule has 28 heavy (non-hydrogen) atoms. The number of nitrogens with zero attached hydrogens (tertiary/aromatic N) is 2. The smallest absolute Gasteiger partial charge is 0.0583 e. The summed E-state index contributed by atoms with van der Waals surface area (Å²) >= 11 is 4.67. The Labute approximate surface area is 179 Å². The summed E-state index contributed by atoms with van der Waals surface area (Å²) in [7, 11) is 8.67. The van der Waals surface area contributed by atoms with Crippen LogP contribution in [0.15, 0.2) is 0 Å². The fourth-order valence-corrected chi connectivity index (χ4v) is 11.1. The van der Waals surface area contributed by atoms with Crippen molar-refractivity contribution in [2.45, 2.75) is 109 Å². The monoisotopic (exact) mass is 426 g/mol. The summed E-state index contributed by atoms with van der Waals surface area (Å²) in [5, 5.41) is 3.15. The van der Waals surface area contributed by atoms with Crippen LogP contribution < -0.4 is 0 Å². The van der Waals surface area contributed by atoms with Crippen LogP contribution in [-0.4, -0.2) is 95.5 Å². The molecule has 160 valence electrons. The lowest BCUT2D eigenvalue weighted by Gasteiger charge is -2.59. The minimum atomic E-state index is 0.486. The van der Waals surface area contributed by atoms with E-state index in [9.17, 15) is 0 Å². The Balaban J connectivity index is 1.31. The number of fused-ring (bicyclic) bond motifs is 4. The van der Waals surface area contributed by atoms with Crippen LogP contribution in [-0.2, 0) is 9.47 Å². The molecule has 0 spiro atoms. The van der Waals surface area contributed by atoms with Crippen molar-refractivity contribution < 1.29 is 9.47 Å². The van der Waals surface area contributed by atoms with Gasteiger partial charge in [-0.25, -0.2) is 0 Å². The average Bonchev–Trinajstić information content (AvgIpc) is 2.72. The van der Waals surface area contributed by atoms with Gasteiger partial charge in [0.15, 0.2) is 0 Å². The van der Waals surface area contributed by atoms with E-state index in [-0.39, 0.29) is 0 Å². The van der Waals surface area contributed by atoms with Crippen molar-refractivity contribution in [1.29, 1.82) is 0 Å². The highest BCUT2D eigenvalue weighted by molar-refractivity contribution is 8.01. The van der Waals surface area contributed by atoms with Crippen molar-refractivity contribution in [3.63, 3.8) is 0 Å². The third kappa shape index (κ3) is 3.48. The Morgan fingerprint density at radius 1 is 0.571 bits per heavy atom. The van der Waals surface area contributed by atoms with Gasteiger partial charge in [0.25, 0.3) is 0 Å². The maximum absolute atomic E-state index is 5.74. The third-order valence-electron chi connectivity index (χ3n) is 8.68. The molecule has 6 heteroatoms. The summed E-state index contributed by atoms with van der Waals surface area (Å²) in [4.78, 5) is 5.61. The van der Waals surface area contributed by atoms with E-state index < -0.39 is 0 Å². The van der Waals surface area contributed by atoms with Gasteiger partial charge in [-0.3, -0.25) is 9.80 Å². The van der Waals surface area contributed by atoms with Crippen molar-refractivity contribution in [1.82, 2.24) is 9.80 Å². The van der Waals surface area contributed by atoms with E-state index in [0.717, 1.165) is 45.2 Å². The molecule has 0 radical (unpaired) electrons. The molecule has 2 heterocycles. The zero-order chi connectivity index (χ0) is 19.4. The predicted molar refractivity (Wildman–Crippen MR) is 120 cm³/mol. The first-order chi connectivity index (χ1) is 13.6. The van der Waals surface area contributed by atoms with E-state index in [2.05, 4.69) is 47.4 Å². The number of rotatable bonds is 2. The minimum Gasteiger partial charge on any atom is -0.381 e. The lowest BCUT2D eigenvalue weighted by atomic mass is 9.82. The van der Waals surface area contributed by atoms with E-state index >= 15 is 0 Å². The molecule has 0 aromatic rings. The van der Waals surface area contributed by atoms with Gasteiger partial charge in [-0.2, -0.15) is 23.5 Å². The molecule has 0 N–H and O–H groups in total. The summed E-state index contributed by atoms with van der Waals surface area (Å²) in [6, 6.07) is 3.07. The molecule has 0 bridgehead atoms. The first kappa shape index (κ1) is 20.4. The maximum Gasteiger partial charge on any atom is 0.0583 e. The first-order valence-electron chi connectivity index (χ1n) is 11.4. The van der Waals surface area contributed by atoms with Gasteiger partial charge in [0, 0.05) is 59.4 Å². The largest absolute Gasteiger partial charge is 0.381 e. The highest BCUT2D eigenvalue weighted by Gasteiger charge is 2.53. The third-order valence-corrected chi connectivity index (χ3v) is 12.1. The van der Waals surface area contributed by atoms with Gasteiger partial charge < -0.3 is 9.47 Å². The Hall–Kier alpha value is 0.540. The quantitative estimate of drug-likeness (QED) is 0.670. The van der Waals surface area contributed by atoms with E-state index in [1.807, 2.05) is 14.2 Å². The molecule has 4 nitrogen and oxygen atoms in total. The molecule has 2 saturated heterocycles. The average molecular weight is 427 g/mol. The maximum atomic E-state index is 5.74. The van der Waals surface area contributed by atoms with Crippen LogP contribution >= 0.6 is 23.5 Å². The molecule has 10 atom stereocenters. The van der Waals surface area contributed by atoms with Gasteiger partial charge in [0.05, 0.1) is 12.2 Å². The van der Waals surface area contributed by atoms with Crippen LogP contribution in [0.2, 0.25) is 0 Å². The van der Waals surface area contributed by atoms with Gasteiger partial charge in [0.1, 0.15) is 0 Å². The van der Waals surface area contributed by atoms with Crippen molar-refractivity contribution >= 4 is 23.5 Å². The van der Waals surface area contributed by atoms with E-state index in [1.54, 1.807) is 0 Å². The molecule has 5 rings (SSSR count). The SMILES string of the molecule is COC1CCC2C(C1)SC1CC3C(CC1N2C)SC1CC(OC)CCC1N3C. The normalized spacial score (nSPS) is 52.3.